The molecule has 8 heteroatoms. The van der Waals surface area contributed by atoms with Gasteiger partial charge in [0.15, 0.2) is 0 Å². The predicted octanol–water partition coefficient (Wildman–Crippen LogP) is 5.67. The number of methoxy groups -OCH3 is 1. The van der Waals surface area contributed by atoms with E-state index in [2.05, 4.69) is 11.2 Å². The van der Waals surface area contributed by atoms with Gasteiger partial charge in [-0.05, 0) is 73.9 Å². The molecule has 192 valence electrons. The average molecular weight is 519 g/mol. The van der Waals surface area contributed by atoms with Crippen LogP contribution in [0.25, 0.3) is 22.2 Å². The molecule has 2 aromatic carbocycles. The van der Waals surface area contributed by atoms with Crippen LogP contribution in [0.15, 0.2) is 60.8 Å². The van der Waals surface area contributed by atoms with Crippen LogP contribution < -0.4 is 4.74 Å². The third kappa shape index (κ3) is 6.12. The summed E-state index contributed by atoms with van der Waals surface area (Å²) in [5.41, 5.74) is 4.50. The Bertz CT molecular complexity index is 1380. The second kappa shape index (κ2) is 11.3. The molecule has 1 amide bonds. The molecule has 5 rings (SSSR count). The molecule has 1 aliphatic rings. The lowest BCUT2D eigenvalue weighted by molar-refractivity contribution is -0.133. The van der Waals surface area contributed by atoms with Gasteiger partial charge in [-0.2, -0.15) is 5.10 Å². The fraction of sp³-hybridized carbons (Fsp3) is 0.345. The molecule has 0 radical (unpaired) electrons. The fourth-order valence-electron chi connectivity index (χ4n) is 4.75. The van der Waals surface area contributed by atoms with Crippen LogP contribution in [0.5, 0.6) is 5.75 Å². The number of ether oxygens (including phenoxy) is 2. The lowest BCUT2D eigenvalue weighted by Crippen LogP contribution is -2.37. The summed E-state index contributed by atoms with van der Waals surface area (Å²) in [7, 11) is 1.65. The van der Waals surface area contributed by atoms with Gasteiger partial charge in [-0.3, -0.25) is 9.48 Å². The molecule has 1 atom stereocenters. The summed E-state index contributed by atoms with van der Waals surface area (Å²) < 4.78 is 13.1. The van der Waals surface area contributed by atoms with Gasteiger partial charge < -0.3 is 14.4 Å². The maximum absolute atomic E-state index is 13.5. The largest absolute Gasteiger partial charge is 0.497 e. The van der Waals surface area contributed by atoms with E-state index in [1.54, 1.807) is 7.11 Å². The first kappa shape index (κ1) is 25.2. The normalized spacial score (nSPS) is 15.3. The highest BCUT2D eigenvalue weighted by Crippen LogP contribution is 2.30. The molecule has 0 spiro atoms. The van der Waals surface area contributed by atoms with Gasteiger partial charge in [0.2, 0.25) is 5.91 Å². The summed E-state index contributed by atoms with van der Waals surface area (Å²) >= 11 is 6.27. The summed E-state index contributed by atoms with van der Waals surface area (Å²) in [5, 5.41) is 6.04. The SMILES string of the molecule is COc1ccc(-c2nc3cc(Cl)ccc3cc2CN(C[C@H]2CCCO2)C(=O)CCn2ccc(C)n2)cc1. The highest BCUT2D eigenvalue weighted by molar-refractivity contribution is 6.31. The maximum Gasteiger partial charge on any atom is 0.224 e. The standard InChI is InChI=1S/C29H31ClN4O3/c1-20-11-13-34(32-20)14-12-28(35)33(19-26-4-3-15-37-26)18-23-16-22-5-8-24(30)17-27(22)31-29(23)21-6-9-25(36-2)10-7-21/h5-11,13,16-17,26H,3-4,12,14-15,18-19H2,1-2H3/t26-/m1/s1. The van der Waals surface area contributed by atoms with Crippen LogP contribution in [0, 0.1) is 6.92 Å². The van der Waals surface area contributed by atoms with Crippen LogP contribution in [-0.4, -0.2) is 51.9 Å². The van der Waals surface area contributed by atoms with E-state index in [4.69, 9.17) is 26.1 Å². The number of hydrogen-bond donors (Lipinski definition) is 0. The van der Waals surface area contributed by atoms with Crippen LogP contribution >= 0.6 is 11.6 Å². The number of nitrogens with zero attached hydrogens (tertiary/aromatic N) is 4. The quantitative estimate of drug-likeness (QED) is 0.286. The lowest BCUT2D eigenvalue weighted by Gasteiger charge is -2.27. The molecule has 2 aromatic heterocycles. The summed E-state index contributed by atoms with van der Waals surface area (Å²) in [6.07, 6.45) is 4.30. The average Bonchev–Trinajstić information content (AvgIpc) is 3.58. The van der Waals surface area contributed by atoms with E-state index in [0.717, 1.165) is 58.6 Å². The maximum atomic E-state index is 13.5. The molecule has 4 aromatic rings. The molecule has 0 saturated carbocycles. The molecule has 37 heavy (non-hydrogen) atoms. The molecule has 1 saturated heterocycles. The zero-order valence-electron chi connectivity index (χ0n) is 21.2. The predicted molar refractivity (Wildman–Crippen MR) is 145 cm³/mol. The minimum absolute atomic E-state index is 0.0487. The molecule has 1 fully saturated rings. The number of benzene rings is 2. The van der Waals surface area contributed by atoms with E-state index in [-0.39, 0.29) is 12.0 Å². The minimum atomic E-state index is 0.0487. The monoisotopic (exact) mass is 518 g/mol. The fourth-order valence-corrected chi connectivity index (χ4v) is 4.92. The minimum Gasteiger partial charge on any atom is -0.497 e. The Morgan fingerprint density at radius 1 is 1.19 bits per heavy atom. The van der Waals surface area contributed by atoms with Crippen molar-refractivity contribution < 1.29 is 14.3 Å². The van der Waals surface area contributed by atoms with Gasteiger partial charge in [-0.25, -0.2) is 4.98 Å². The van der Waals surface area contributed by atoms with Crippen molar-refractivity contribution >= 4 is 28.4 Å². The molecule has 3 heterocycles. The van der Waals surface area contributed by atoms with Crippen LogP contribution in [0.3, 0.4) is 0 Å². The van der Waals surface area contributed by atoms with Gasteiger partial charge >= 0.3 is 0 Å². The van der Waals surface area contributed by atoms with Crippen LogP contribution in [-0.2, 0) is 22.6 Å². The number of pyridine rings is 1. The Kier molecular flexibility index (Phi) is 7.72. The van der Waals surface area contributed by atoms with Crippen molar-refractivity contribution in [2.24, 2.45) is 0 Å². The molecule has 1 aliphatic heterocycles. The van der Waals surface area contributed by atoms with Crippen molar-refractivity contribution in [2.45, 2.75) is 45.4 Å². The number of halogens is 1. The number of rotatable bonds is 9. The Labute approximate surface area is 222 Å². The summed E-state index contributed by atoms with van der Waals surface area (Å²) in [6.45, 7) is 4.22. The Morgan fingerprint density at radius 3 is 2.73 bits per heavy atom. The van der Waals surface area contributed by atoms with Crippen molar-refractivity contribution in [2.75, 3.05) is 20.3 Å². The van der Waals surface area contributed by atoms with Gasteiger partial charge in [-0.15, -0.1) is 0 Å². The van der Waals surface area contributed by atoms with E-state index in [0.29, 0.717) is 31.1 Å². The Balaban J connectivity index is 1.48. The molecule has 0 aliphatic carbocycles. The molecular formula is C29H31ClN4O3. The Morgan fingerprint density at radius 2 is 2.03 bits per heavy atom. The van der Waals surface area contributed by atoms with Gasteiger partial charge in [0, 0.05) is 54.8 Å². The third-order valence-corrected chi connectivity index (χ3v) is 6.95. The van der Waals surface area contributed by atoms with Crippen LogP contribution in [0.1, 0.15) is 30.5 Å². The van der Waals surface area contributed by atoms with Crippen molar-refractivity contribution in [3.63, 3.8) is 0 Å². The number of fused-ring (bicyclic) bond motifs is 1. The zero-order chi connectivity index (χ0) is 25.8. The smallest absolute Gasteiger partial charge is 0.224 e. The van der Waals surface area contributed by atoms with Gasteiger partial charge in [-0.1, -0.05) is 17.7 Å². The molecule has 0 bridgehead atoms. The highest BCUT2D eigenvalue weighted by atomic mass is 35.5. The Hall–Kier alpha value is -3.42. The van der Waals surface area contributed by atoms with E-state index in [1.807, 2.05) is 71.2 Å². The van der Waals surface area contributed by atoms with Crippen LogP contribution in [0.2, 0.25) is 5.02 Å². The van der Waals surface area contributed by atoms with Gasteiger partial charge in [0.1, 0.15) is 5.75 Å². The van der Waals surface area contributed by atoms with E-state index in [9.17, 15) is 4.79 Å². The number of carbonyl (C=O) groups excluding carboxylic acids is 1. The van der Waals surface area contributed by atoms with Crippen molar-refractivity contribution in [1.29, 1.82) is 0 Å². The van der Waals surface area contributed by atoms with Gasteiger partial charge in [0.05, 0.1) is 30.1 Å². The molecule has 0 N–H and O–H groups in total. The number of amides is 1. The van der Waals surface area contributed by atoms with E-state index < -0.39 is 0 Å². The molecular weight excluding hydrogens is 488 g/mol. The van der Waals surface area contributed by atoms with E-state index >= 15 is 0 Å². The summed E-state index contributed by atoms with van der Waals surface area (Å²) in [4.78, 5) is 20.4. The van der Waals surface area contributed by atoms with Gasteiger partial charge in [0.25, 0.3) is 0 Å². The summed E-state index contributed by atoms with van der Waals surface area (Å²) in [6, 6.07) is 17.6. The first-order chi connectivity index (χ1) is 18.0. The molecule has 0 unspecified atom stereocenters. The zero-order valence-corrected chi connectivity index (χ0v) is 21.9. The van der Waals surface area contributed by atoms with Crippen molar-refractivity contribution in [1.82, 2.24) is 19.7 Å². The topological polar surface area (TPSA) is 69.5 Å². The highest BCUT2D eigenvalue weighted by Gasteiger charge is 2.24. The third-order valence-electron chi connectivity index (χ3n) is 6.71. The lowest BCUT2D eigenvalue weighted by atomic mass is 10.0. The molecule has 7 nitrogen and oxygen atoms in total. The second-order valence-corrected chi connectivity index (χ2v) is 9.88. The number of hydrogen-bond acceptors (Lipinski definition) is 5. The number of aromatic nitrogens is 3. The second-order valence-electron chi connectivity index (χ2n) is 9.44. The number of carbonyl (C=O) groups is 1. The number of aryl methyl sites for hydroxylation is 2. The van der Waals surface area contributed by atoms with Crippen LogP contribution in [0.4, 0.5) is 0 Å². The summed E-state index contributed by atoms with van der Waals surface area (Å²) in [5.74, 6) is 0.846. The first-order valence-electron chi connectivity index (χ1n) is 12.6. The van der Waals surface area contributed by atoms with E-state index in [1.165, 1.54) is 0 Å². The van der Waals surface area contributed by atoms with Crippen molar-refractivity contribution in [3.8, 4) is 17.0 Å². The first-order valence-corrected chi connectivity index (χ1v) is 13.0. The van der Waals surface area contributed by atoms with Crippen molar-refractivity contribution in [3.05, 3.63) is 77.1 Å².